The Kier molecular flexibility index (Phi) is 5.06. The van der Waals surface area contributed by atoms with E-state index in [0.29, 0.717) is 0 Å². The second-order valence-corrected chi connectivity index (χ2v) is 5.98. The zero-order valence-corrected chi connectivity index (χ0v) is 13.1. The molecular formula is C15H21N3OS. The molecular weight excluding hydrogens is 270 g/mol. The number of benzene rings is 1. The van der Waals surface area contributed by atoms with Gasteiger partial charge in [0.05, 0.1) is 0 Å². The molecule has 0 amide bonds. The van der Waals surface area contributed by atoms with E-state index in [4.69, 9.17) is 0 Å². The maximum absolute atomic E-state index is 11.7. The summed E-state index contributed by atoms with van der Waals surface area (Å²) in [6, 6.07) is 6.46. The molecule has 0 radical (unpaired) electrons. The van der Waals surface area contributed by atoms with Gasteiger partial charge in [-0.2, -0.15) is 0 Å². The van der Waals surface area contributed by atoms with Gasteiger partial charge in [-0.1, -0.05) is 48.9 Å². The zero-order valence-electron chi connectivity index (χ0n) is 12.3. The van der Waals surface area contributed by atoms with Crippen molar-refractivity contribution in [3.8, 4) is 0 Å². The van der Waals surface area contributed by atoms with Gasteiger partial charge >= 0.3 is 5.69 Å². The summed E-state index contributed by atoms with van der Waals surface area (Å²) in [5.74, 6) is 0.837. The van der Waals surface area contributed by atoms with E-state index in [9.17, 15) is 4.79 Å². The smallest absolute Gasteiger partial charge is 0.270 e. The lowest BCUT2D eigenvalue weighted by Gasteiger charge is -2.07. The van der Waals surface area contributed by atoms with Gasteiger partial charge in [-0.15, -0.1) is 5.10 Å². The number of rotatable bonds is 6. The Morgan fingerprint density at radius 2 is 2.15 bits per heavy atom. The molecule has 0 atom stereocenters. The Bertz CT molecular complexity index is 630. The predicted octanol–water partition coefficient (Wildman–Crippen LogP) is 3.28. The summed E-state index contributed by atoms with van der Waals surface area (Å²) in [5.41, 5.74) is 3.73. The van der Waals surface area contributed by atoms with Crippen molar-refractivity contribution in [3.05, 3.63) is 45.4 Å². The largest absolute Gasteiger partial charge is 0.343 e. The van der Waals surface area contributed by atoms with Gasteiger partial charge in [0.1, 0.15) is 0 Å². The zero-order chi connectivity index (χ0) is 14.5. The van der Waals surface area contributed by atoms with Gasteiger partial charge < -0.3 is 0 Å². The van der Waals surface area contributed by atoms with Crippen LogP contribution in [0.4, 0.5) is 0 Å². The first-order chi connectivity index (χ1) is 9.61. The Morgan fingerprint density at radius 1 is 1.35 bits per heavy atom. The highest BCUT2D eigenvalue weighted by molar-refractivity contribution is 7.98. The van der Waals surface area contributed by atoms with Crippen LogP contribution in [0, 0.1) is 13.8 Å². The highest BCUT2D eigenvalue weighted by Gasteiger charge is 2.09. The van der Waals surface area contributed by atoms with E-state index in [1.54, 1.807) is 16.3 Å². The van der Waals surface area contributed by atoms with Crippen LogP contribution in [0.3, 0.4) is 0 Å². The molecule has 2 aromatic rings. The quantitative estimate of drug-likeness (QED) is 0.831. The summed E-state index contributed by atoms with van der Waals surface area (Å²) >= 11 is 1.61. The lowest BCUT2D eigenvalue weighted by Crippen LogP contribution is -2.17. The van der Waals surface area contributed by atoms with Crippen molar-refractivity contribution in [1.82, 2.24) is 14.8 Å². The van der Waals surface area contributed by atoms with Crippen molar-refractivity contribution in [3.63, 3.8) is 0 Å². The highest BCUT2D eigenvalue weighted by Crippen LogP contribution is 2.22. The molecule has 0 unspecified atom stereocenters. The van der Waals surface area contributed by atoms with Crippen LogP contribution >= 0.6 is 11.8 Å². The minimum absolute atomic E-state index is 0.109. The number of H-pyrrole nitrogens is 1. The Balaban J connectivity index is 2.11. The Labute approximate surface area is 123 Å². The molecule has 1 aromatic heterocycles. The molecule has 1 heterocycles. The maximum Gasteiger partial charge on any atom is 0.343 e. The van der Waals surface area contributed by atoms with Gasteiger partial charge in [0.2, 0.25) is 0 Å². The fraction of sp³-hybridized carbons (Fsp3) is 0.467. The van der Waals surface area contributed by atoms with E-state index in [2.05, 4.69) is 49.2 Å². The lowest BCUT2D eigenvalue weighted by molar-refractivity contribution is 0.573. The number of unbranched alkanes of at least 4 members (excludes halogenated alkanes) is 1. The van der Waals surface area contributed by atoms with Crippen LogP contribution in [-0.4, -0.2) is 14.8 Å². The molecule has 4 nitrogen and oxygen atoms in total. The van der Waals surface area contributed by atoms with Crippen LogP contribution in [-0.2, 0) is 12.3 Å². The standard InChI is InChI=1S/C15H21N3OS/c1-4-5-8-18-14(19)16-17-15(18)20-10-13-9-11(2)6-7-12(13)3/h6-7,9H,4-5,8,10H2,1-3H3,(H,16,19). The van der Waals surface area contributed by atoms with Gasteiger partial charge in [0, 0.05) is 12.3 Å². The number of hydrogen-bond acceptors (Lipinski definition) is 3. The molecule has 0 aliphatic heterocycles. The Hall–Kier alpha value is -1.49. The predicted molar refractivity (Wildman–Crippen MR) is 83.2 cm³/mol. The first-order valence-corrected chi connectivity index (χ1v) is 7.94. The molecule has 0 saturated carbocycles. The summed E-state index contributed by atoms with van der Waals surface area (Å²) in [4.78, 5) is 11.7. The van der Waals surface area contributed by atoms with Gasteiger partial charge in [0.25, 0.3) is 0 Å². The summed E-state index contributed by atoms with van der Waals surface area (Å²) in [6.45, 7) is 7.07. The van der Waals surface area contributed by atoms with E-state index >= 15 is 0 Å². The molecule has 0 saturated heterocycles. The SMILES string of the molecule is CCCCn1c(SCc2cc(C)ccc2C)n[nH]c1=O. The third kappa shape index (κ3) is 3.54. The molecule has 2 rings (SSSR count). The fourth-order valence-corrected chi connectivity index (χ4v) is 3.06. The summed E-state index contributed by atoms with van der Waals surface area (Å²) < 4.78 is 1.74. The molecule has 108 valence electrons. The number of thioether (sulfide) groups is 1. The van der Waals surface area contributed by atoms with Gasteiger partial charge in [0.15, 0.2) is 5.16 Å². The van der Waals surface area contributed by atoms with E-state index in [1.165, 1.54) is 16.7 Å². The van der Waals surface area contributed by atoms with Crippen molar-refractivity contribution in [2.45, 2.75) is 51.1 Å². The molecule has 0 aliphatic carbocycles. The molecule has 20 heavy (non-hydrogen) atoms. The number of aryl methyl sites for hydroxylation is 2. The third-order valence-corrected chi connectivity index (χ3v) is 4.35. The molecule has 0 aliphatic rings. The Morgan fingerprint density at radius 3 is 2.90 bits per heavy atom. The summed E-state index contributed by atoms with van der Waals surface area (Å²) in [5, 5.41) is 7.45. The number of nitrogens with zero attached hydrogens (tertiary/aromatic N) is 2. The van der Waals surface area contributed by atoms with Crippen molar-refractivity contribution in [2.75, 3.05) is 0 Å². The molecule has 0 bridgehead atoms. The van der Waals surface area contributed by atoms with E-state index in [0.717, 1.165) is 30.3 Å². The van der Waals surface area contributed by atoms with Crippen molar-refractivity contribution in [1.29, 1.82) is 0 Å². The molecule has 1 aromatic carbocycles. The van der Waals surface area contributed by atoms with Crippen LogP contribution in [0.5, 0.6) is 0 Å². The maximum atomic E-state index is 11.7. The van der Waals surface area contributed by atoms with Crippen molar-refractivity contribution in [2.24, 2.45) is 0 Å². The molecule has 1 N–H and O–H groups in total. The lowest BCUT2D eigenvalue weighted by atomic mass is 10.1. The highest BCUT2D eigenvalue weighted by atomic mass is 32.2. The first kappa shape index (κ1) is 14.9. The molecule has 0 fully saturated rings. The summed E-state index contributed by atoms with van der Waals surface area (Å²) in [7, 11) is 0. The van der Waals surface area contributed by atoms with E-state index < -0.39 is 0 Å². The number of aromatic nitrogens is 3. The molecule has 5 heteroatoms. The van der Waals surface area contributed by atoms with Crippen LogP contribution in [0.15, 0.2) is 28.2 Å². The number of nitrogens with one attached hydrogen (secondary N) is 1. The number of hydrogen-bond donors (Lipinski definition) is 1. The van der Waals surface area contributed by atoms with Gasteiger partial charge in [-0.25, -0.2) is 9.89 Å². The fourth-order valence-electron chi connectivity index (χ4n) is 2.02. The van der Waals surface area contributed by atoms with Crippen LogP contribution < -0.4 is 5.69 Å². The third-order valence-electron chi connectivity index (χ3n) is 3.32. The average molecular weight is 291 g/mol. The van der Waals surface area contributed by atoms with E-state index in [1.807, 2.05) is 0 Å². The number of aromatic amines is 1. The van der Waals surface area contributed by atoms with Gasteiger partial charge in [-0.3, -0.25) is 4.57 Å². The van der Waals surface area contributed by atoms with Crippen LogP contribution in [0.25, 0.3) is 0 Å². The van der Waals surface area contributed by atoms with Crippen molar-refractivity contribution >= 4 is 11.8 Å². The molecule has 0 spiro atoms. The van der Waals surface area contributed by atoms with Crippen LogP contribution in [0.1, 0.15) is 36.5 Å². The minimum atomic E-state index is -0.109. The normalized spacial score (nSPS) is 10.9. The average Bonchev–Trinajstić information content (AvgIpc) is 2.78. The van der Waals surface area contributed by atoms with Gasteiger partial charge in [-0.05, 0) is 31.4 Å². The first-order valence-electron chi connectivity index (χ1n) is 6.96. The monoisotopic (exact) mass is 291 g/mol. The van der Waals surface area contributed by atoms with Crippen LogP contribution in [0.2, 0.25) is 0 Å². The van der Waals surface area contributed by atoms with E-state index in [-0.39, 0.29) is 5.69 Å². The minimum Gasteiger partial charge on any atom is -0.270 e. The second-order valence-electron chi connectivity index (χ2n) is 5.04. The summed E-state index contributed by atoms with van der Waals surface area (Å²) in [6.07, 6.45) is 2.06. The van der Waals surface area contributed by atoms with Crippen molar-refractivity contribution < 1.29 is 0 Å². The second kappa shape index (κ2) is 6.79. The topological polar surface area (TPSA) is 50.7 Å².